The van der Waals surface area contributed by atoms with Crippen LogP contribution in [0.15, 0.2) is 30.5 Å². The summed E-state index contributed by atoms with van der Waals surface area (Å²) in [5, 5.41) is 0.634. The molecule has 0 fully saturated rings. The zero-order chi connectivity index (χ0) is 14.1. The van der Waals surface area contributed by atoms with Crippen LogP contribution in [0.25, 0.3) is 0 Å². The molecule has 3 rings (SSSR count). The Morgan fingerprint density at radius 3 is 2.80 bits per heavy atom. The Kier molecular flexibility index (Phi) is 3.40. The summed E-state index contributed by atoms with van der Waals surface area (Å²) in [5.74, 6) is 0.800. The van der Waals surface area contributed by atoms with E-state index in [2.05, 4.69) is 9.97 Å². The van der Waals surface area contributed by atoms with Crippen molar-refractivity contribution in [2.45, 2.75) is 19.9 Å². The van der Waals surface area contributed by atoms with Gasteiger partial charge in [-0.1, -0.05) is 11.6 Å². The van der Waals surface area contributed by atoms with Crippen molar-refractivity contribution in [2.24, 2.45) is 0 Å². The maximum atomic E-state index is 12.4. The van der Waals surface area contributed by atoms with Crippen molar-refractivity contribution in [3.8, 4) is 0 Å². The van der Waals surface area contributed by atoms with E-state index in [-0.39, 0.29) is 5.91 Å². The molecule has 1 aromatic carbocycles. The first-order chi connectivity index (χ1) is 9.63. The Hall–Kier alpha value is -1.94. The summed E-state index contributed by atoms with van der Waals surface area (Å²) in [7, 11) is 0. The molecule has 4 nitrogen and oxygen atoms in total. The summed E-state index contributed by atoms with van der Waals surface area (Å²) in [6.07, 6.45) is 2.59. The van der Waals surface area contributed by atoms with Crippen LogP contribution in [-0.4, -0.2) is 27.3 Å². The van der Waals surface area contributed by atoms with Crippen LogP contribution in [0.3, 0.4) is 0 Å². The number of aryl methyl sites for hydroxylation is 1. The van der Waals surface area contributed by atoms with E-state index in [9.17, 15) is 4.79 Å². The zero-order valence-corrected chi connectivity index (χ0v) is 11.9. The minimum Gasteiger partial charge on any atom is -0.334 e. The highest BCUT2D eigenvalue weighted by Gasteiger charge is 2.22. The van der Waals surface area contributed by atoms with E-state index in [4.69, 9.17) is 11.6 Å². The Balaban J connectivity index is 1.81. The molecule has 1 aromatic heterocycles. The molecule has 0 saturated heterocycles. The molecular weight excluding hydrogens is 274 g/mol. The second-order valence-corrected chi connectivity index (χ2v) is 5.31. The third kappa shape index (κ3) is 2.51. The fraction of sp³-hybridized carbons (Fsp3) is 0.267. The third-order valence-corrected chi connectivity index (χ3v) is 3.68. The van der Waals surface area contributed by atoms with Gasteiger partial charge in [0.1, 0.15) is 5.82 Å². The van der Waals surface area contributed by atoms with Crippen LogP contribution in [-0.2, 0) is 13.0 Å². The molecule has 2 aromatic rings. The average Bonchev–Trinajstić information content (AvgIpc) is 2.47. The first-order valence-electron chi connectivity index (χ1n) is 6.50. The van der Waals surface area contributed by atoms with Gasteiger partial charge in [-0.25, -0.2) is 9.97 Å². The number of carbonyl (C=O) groups excluding carboxylic acids is 1. The van der Waals surface area contributed by atoms with E-state index >= 15 is 0 Å². The molecule has 20 heavy (non-hydrogen) atoms. The van der Waals surface area contributed by atoms with Crippen molar-refractivity contribution >= 4 is 17.5 Å². The predicted molar refractivity (Wildman–Crippen MR) is 76.7 cm³/mol. The van der Waals surface area contributed by atoms with Gasteiger partial charge in [0.25, 0.3) is 5.91 Å². The van der Waals surface area contributed by atoms with Gasteiger partial charge in [-0.2, -0.15) is 0 Å². The lowest BCUT2D eigenvalue weighted by molar-refractivity contribution is 0.0733. The molecule has 0 atom stereocenters. The molecule has 0 unspecified atom stereocenters. The van der Waals surface area contributed by atoms with Gasteiger partial charge in [-0.05, 0) is 31.2 Å². The summed E-state index contributed by atoms with van der Waals surface area (Å²) in [6, 6.07) is 6.98. The number of amides is 1. The minimum atomic E-state index is 0.0212. The lowest BCUT2D eigenvalue weighted by Gasteiger charge is -2.28. The Bertz CT molecular complexity index is 655. The molecule has 2 heterocycles. The monoisotopic (exact) mass is 287 g/mol. The molecule has 102 valence electrons. The van der Waals surface area contributed by atoms with Gasteiger partial charge in [0.2, 0.25) is 0 Å². The van der Waals surface area contributed by atoms with Crippen LogP contribution in [0.4, 0.5) is 0 Å². The summed E-state index contributed by atoms with van der Waals surface area (Å²) in [6.45, 7) is 3.13. The molecule has 0 aliphatic carbocycles. The summed E-state index contributed by atoms with van der Waals surface area (Å²) in [5.41, 5.74) is 2.74. The molecule has 0 saturated carbocycles. The number of halogens is 1. The second kappa shape index (κ2) is 5.21. The first kappa shape index (κ1) is 13.1. The molecule has 0 radical (unpaired) electrons. The van der Waals surface area contributed by atoms with Gasteiger partial charge in [0.15, 0.2) is 0 Å². The highest BCUT2D eigenvalue weighted by molar-refractivity contribution is 6.30. The second-order valence-electron chi connectivity index (χ2n) is 4.87. The maximum Gasteiger partial charge on any atom is 0.254 e. The van der Waals surface area contributed by atoms with Crippen molar-refractivity contribution in [3.05, 3.63) is 58.1 Å². The normalized spacial score (nSPS) is 14.0. The predicted octanol–water partition coefficient (Wildman–Crippen LogP) is 2.64. The Morgan fingerprint density at radius 1 is 1.30 bits per heavy atom. The number of benzene rings is 1. The highest BCUT2D eigenvalue weighted by atomic mass is 35.5. The topological polar surface area (TPSA) is 46.1 Å². The van der Waals surface area contributed by atoms with Gasteiger partial charge in [-0.3, -0.25) is 4.79 Å². The van der Waals surface area contributed by atoms with E-state index in [1.807, 2.05) is 18.0 Å². The quantitative estimate of drug-likeness (QED) is 0.810. The van der Waals surface area contributed by atoms with Gasteiger partial charge in [-0.15, -0.1) is 0 Å². The van der Waals surface area contributed by atoms with E-state index < -0.39 is 0 Å². The molecule has 1 aliphatic rings. The SMILES string of the molecule is Cc1ncc2c(n1)CCN(C(=O)c1ccc(Cl)cc1)C2. The fourth-order valence-corrected chi connectivity index (χ4v) is 2.49. The minimum absolute atomic E-state index is 0.0212. The van der Waals surface area contributed by atoms with Gasteiger partial charge in [0, 0.05) is 41.9 Å². The molecule has 1 amide bonds. The molecule has 0 bridgehead atoms. The summed E-state index contributed by atoms with van der Waals surface area (Å²) < 4.78 is 0. The van der Waals surface area contributed by atoms with E-state index in [0.717, 1.165) is 23.5 Å². The number of aromatic nitrogens is 2. The number of hydrogen-bond donors (Lipinski definition) is 0. The van der Waals surface area contributed by atoms with Crippen molar-refractivity contribution in [2.75, 3.05) is 6.54 Å². The van der Waals surface area contributed by atoms with E-state index in [1.54, 1.807) is 24.3 Å². The summed E-state index contributed by atoms with van der Waals surface area (Å²) >= 11 is 5.84. The van der Waals surface area contributed by atoms with Crippen molar-refractivity contribution < 1.29 is 4.79 Å². The van der Waals surface area contributed by atoms with Crippen molar-refractivity contribution in [1.82, 2.24) is 14.9 Å². The zero-order valence-electron chi connectivity index (χ0n) is 11.1. The third-order valence-electron chi connectivity index (χ3n) is 3.43. The summed E-state index contributed by atoms with van der Waals surface area (Å²) in [4.78, 5) is 22.9. The first-order valence-corrected chi connectivity index (χ1v) is 6.87. The van der Waals surface area contributed by atoms with Crippen LogP contribution in [0.5, 0.6) is 0 Å². The van der Waals surface area contributed by atoms with Crippen molar-refractivity contribution in [1.29, 1.82) is 0 Å². The van der Waals surface area contributed by atoms with Crippen LogP contribution in [0.1, 0.15) is 27.4 Å². The Morgan fingerprint density at radius 2 is 2.05 bits per heavy atom. The average molecular weight is 288 g/mol. The van der Waals surface area contributed by atoms with Gasteiger partial charge < -0.3 is 4.90 Å². The largest absolute Gasteiger partial charge is 0.334 e. The lowest BCUT2D eigenvalue weighted by atomic mass is 10.1. The molecular formula is C15H14ClN3O. The lowest BCUT2D eigenvalue weighted by Crippen LogP contribution is -2.36. The van der Waals surface area contributed by atoms with Crippen LogP contribution in [0, 0.1) is 6.92 Å². The number of fused-ring (bicyclic) bond motifs is 1. The Labute approximate surface area is 122 Å². The number of nitrogens with zero attached hydrogens (tertiary/aromatic N) is 3. The molecule has 1 aliphatic heterocycles. The van der Waals surface area contributed by atoms with E-state index in [0.29, 0.717) is 23.7 Å². The smallest absolute Gasteiger partial charge is 0.254 e. The van der Waals surface area contributed by atoms with Gasteiger partial charge >= 0.3 is 0 Å². The van der Waals surface area contributed by atoms with Gasteiger partial charge in [0.05, 0.1) is 5.69 Å². The van der Waals surface area contributed by atoms with E-state index in [1.165, 1.54) is 0 Å². The number of hydrogen-bond acceptors (Lipinski definition) is 3. The van der Waals surface area contributed by atoms with Crippen LogP contribution >= 0.6 is 11.6 Å². The molecule has 0 spiro atoms. The molecule has 0 N–H and O–H groups in total. The van der Waals surface area contributed by atoms with Crippen molar-refractivity contribution in [3.63, 3.8) is 0 Å². The van der Waals surface area contributed by atoms with Crippen LogP contribution in [0.2, 0.25) is 5.02 Å². The maximum absolute atomic E-state index is 12.4. The number of rotatable bonds is 1. The standard InChI is InChI=1S/C15H14ClN3O/c1-10-17-8-12-9-19(7-6-14(12)18-10)15(20)11-2-4-13(16)5-3-11/h2-5,8H,6-7,9H2,1H3. The number of carbonyl (C=O) groups is 1. The molecule has 5 heteroatoms. The highest BCUT2D eigenvalue weighted by Crippen LogP contribution is 2.19. The fourth-order valence-electron chi connectivity index (χ4n) is 2.36. The van der Waals surface area contributed by atoms with Crippen LogP contribution < -0.4 is 0 Å².